The maximum atomic E-state index is 12.9. The average Bonchev–Trinajstić information content (AvgIpc) is 3.16. The summed E-state index contributed by atoms with van der Waals surface area (Å²) in [5.74, 6) is 0.382. The number of carbonyl (C=O) groups excluding carboxylic acids is 2. The van der Waals surface area contributed by atoms with E-state index in [-0.39, 0.29) is 12.5 Å². The summed E-state index contributed by atoms with van der Waals surface area (Å²) in [6.45, 7) is 0.221. The van der Waals surface area contributed by atoms with Crippen LogP contribution in [0.3, 0.4) is 0 Å². The van der Waals surface area contributed by atoms with Gasteiger partial charge in [0, 0.05) is 27.1 Å². The maximum Gasteiger partial charge on any atom is 0.337 e. The molecule has 0 aliphatic carbocycles. The fraction of sp³-hybridized carbons (Fsp3) is 0.148. The first-order valence-corrected chi connectivity index (χ1v) is 13.5. The van der Waals surface area contributed by atoms with E-state index >= 15 is 0 Å². The molecule has 0 aromatic heterocycles. The molecule has 0 saturated carbocycles. The van der Waals surface area contributed by atoms with Crippen LogP contribution in [0.1, 0.15) is 21.5 Å². The molecule has 0 bridgehead atoms. The summed E-state index contributed by atoms with van der Waals surface area (Å²) >= 11 is 17.0. The number of rotatable bonds is 7. The minimum Gasteiger partial charge on any atom is -0.493 e. The summed E-state index contributed by atoms with van der Waals surface area (Å²) < 4.78 is 16.9. The highest BCUT2D eigenvalue weighted by Gasteiger charge is 2.30. The van der Waals surface area contributed by atoms with Crippen LogP contribution in [0.5, 0.6) is 11.5 Å². The molecule has 1 heterocycles. The van der Waals surface area contributed by atoms with Crippen molar-refractivity contribution in [2.45, 2.75) is 6.61 Å². The number of halogens is 3. The Morgan fingerprint density at radius 2 is 1.82 bits per heavy atom. The average molecular weight is 636 g/mol. The number of nitrogens with zero attached hydrogens (tertiary/aromatic N) is 2. The van der Waals surface area contributed by atoms with Crippen LogP contribution < -0.4 is 9.47 Å². The number of ether oxygens (including phenoxy) is 3. The second-order valence-corrected chi connectivity index (χ2v) is 10.7. The first-order chi connectivity index (χ1) is 18.2. The molecule has 1 aliphatic rings. The first-order valence-electron chi connectivity index (χ1n) is 11.1. The number of esters is 1. The van der Waals surface area contributed by atoms with E-state index in [1.807, 2.05) is 0 Å². The highest BCUT2D eigenvalue weighted by atomic mass is 79.9. The van der Waals surface area contributed by atoms with Crippen LogP contribution >= 0.6 is 50.9 Å². The molecule has 1 saturated heterocycles. The highest BCUT2D eigenvalue weighted by molar-refractivity contribution is 9.10. The Bertz CT molecular complexity index is 1460. The van der Waals surface area contributed by atoms with E-state index in [4.69, 9.17) is 37.4 Å². The van der Waals surface area contributed by atoms with Gasteiger partial charge < -0.3 is 14.2 Å². The monoisotopic (exact) mass is 634 g/mol. The molecule has 3 aromatic rings. The van der Waals surface area contributed by atoms with Gasteiger partial charge in [-0.3, -0.25) is 9.69 Å². The SMILES string of the molecule is COC(=O)c1ccc(N=C2SC(=Cc3cc(OC)c(OCc4ccc(Cl)cc4Cl)cc3Br)C(=O)N2C)cc1. The van der Waals surface area contributed by atoms with Crippen molar-refractivity contribution in [1.82, 2.24) is 4.90 Å². The second kappa shape index (κ2) is 12.3. The van der Waals surface area contributed by atoms with Gasteiger partial charge in [-0.1, -0.05) is 45.2 Å². The van der Waals surface area contributed by atoms with E-state index in [0.29, 0.717) is 47.3 Å². The quantitative estimate of drug-likeness (QED) is 0.199. The molecule has 0 atom stereocenters. The Hall–Kier alpha value is -2.98. The van der Waals surface area contributed by atoms with E-state index in [1.54, 1.807) is 74.8 Å². The molecule has 7 nitrogen and oxygen atoms in total. The topological polar surface area (TPSA) is 77.4 Å². The van der Waals surface area contributed by atoms with Gasteiger partial charge in [0.05, 0.1) is 30.4 Å². The number of amidine groups is 1. The first kappa shape index (κ1) is 28.0. The van der Waals surface area contributed by atoms with Crippen molar-refractivity contribution < 1.29 is 23.8 Å². The largest absolute Gasteiger partial charge is 0.493 e. The second-order valence-electron chi connectivity index (χ2n) is 7.96. The number of carbonyl (C=O) groups is 2. The van der Waals surface area contributed by atoms with Crippen molar-refractivity contribution in [3.8, 4) is 11.5 Å². The molecular weight excluding hydrogens is 615 g/mol. The Labute approximate surface area is 242 Å². The van der Waals surface area contributed by atoms with E-state index in [9.17, 15) is 9.59 Å². The van der Waals surface area contributed by atoms with Gasteiger partial charge in [0.2, 0.25) is 0 Å². The van der Waals surface area contributed by atoms with Crippen LogP contribution in [0.25, 0.3) is 6.08 Å². The number of methoxy groups -OCH3 is 2. The predicted molar refractivity (Wildman–Crippen MR) is 155 cm³/mol. The van der Waals surface area contributed by atoms with Crippen molar-refractivity contribution in [2.24, 2.45) is 4.99 Å². The van der Waals surface area contributed by atoms with Crippen molar-refractivity contribution in [1.29, 1.82) is 0 Å². The molecule has 0 unspecified atom stereocenters. The molecule has 196 valence electrons. The number of hydrogen-bond donors (Lipinski definition) is 0. The van der Waals surface area contributed by atoms with Gasteiger partial charge in [0.15, 0.2) is 16.7 Å². The summed E-state index contributed by atoms with van der Waals surface area (Å²) in [6, 6.07) is 15.4. The molecule has 0 spiro atoms. The number of amides is 1. The van der Waals surface area contributed by atoms with Crippen LogP contribution in [0.2, 0.25) is 10.0 Å². The lowest BCUT2D eigenvalue weighted by Gasteiger charge is -2.14. The van der Waals surface area contributed by atoms with Gasteiger partial charge in [-0.2, -0.15) is 0 Å². The lowest BCUT2D eigenvalue weighted by Crippen LogP contribution is -2.23. The van der Waals surface area contributed by atoms with Crippen LogP contribution in [-0.4, -0.2) is 43.2 Å². The van der Waals surface area contributed by atoms with Crippen LogP contribution in [0.4, 0.5) is 5.69 Å². The maximum absolute atomic E-state index is 12.9. The van der Waals surface area contributed by atoms with Crippen LogP contribution in [-0.2, 0) is 16.1 Å². The zero-order chi connectivity index (χ0) is 27.4. The summed E-state index contributed by atoms with van der Waals surface area (Å²) in [7, 11) is 4.53. The molecule has 3 aromatic carbocycles. The molecule has 1 amide bonds. The van der Waals surface area contributed by atoms with Crippen molar-refractivity contribution in [3.63, 3.8) is 0 Å². The minimum absolute atomic E-state index is 0.191. The van der Waals surface area contributed by atoms with Crippen molar-refractivity contribution in [2.75, 3.05) is 21.3 Å². The van der Waals surface area contributed by atoms with Gasteiger partial charge in [-0.15, -0.1) is 0 Å². The molecular formula is C27H21BrCl2N2O5S. The predicted octanol–water partition coefficient (Wildman–Crippen LogP) is 7.36. The van der Waals surface area contributed by atoms with Crippen molar-refractivity contribution in [3.05, 3.63) is 90.7 Å². The molecule has 38 heavy (non-hydrogen) atoms. The van der Waals surface area contributed by atoms with E-state index in [1.165, 1.54) is 23.8 Å². The van der Waals surface area contributed by atoms with Gasteiger partial charge in [0.1, 0.15) is 6.61 Å². The van der Waals surface area contributed by atoms with Crippen molar-refractivity contribution >= 4 is 79.7 Å². The molecule has 0 N–H and O–H groups in total. The minimum atomic E-state index is -0.428. The lowest BCUT2D eigenvalue weighted by molar-refractivity contribution is -0.121. The van der Waals surface area contributed by atoms with E-state index in [0.717, 1.165) is 11.1 Å². The van der Waals surface area contributed by atoms with Crippen LogP contribution in [0, 0.1) is 0 Å². The third-order valence-electron chi connectivity index (χ3n) is 5.48. The standard InChI is InChI=1S/C27H21BrCl2N2O5S/c1-32-25(33)24(38-27(32)31-19-8-5-15(6-9-19)26(34)36-3)11-17-10-22(35-2)23(13-20(17)28)37-14-16-4-7-18(29)12-21(16)30/h4-13H,14H2,1-3H3. The third-order valence-corrected chi connectivity index (χ3v) is 7.82. The number of aliphatic imine (C=N–C) groups is 1. The normalized spacial score (nSPS) is 15.3. The summed E-state index contributed by atoms with van der Waals surface area (Å²) in [6.07, 6.45) is 1.76. The molecule has 11 heteroatoms. The Balaban J connectivity index is 1.55. The van der Waals surface area contributed by atoms with Gasteiger partial charge in [-0.25, -0.2) is 9.79 Å². The highest BCUT2D eigenvalue weighted by Crippen LogP contribution is 2.39. The Kier molecular flexibility index (Phi) is 9.04. The summed E-state index contributed by atoms with van der Waals surface area (Å²) in [5.41, 5.74) is 2.53. The number of hydrogen-bond acceptors (Lipinski definition) is 7. The molecule has 4 rings (SSSR count). The van der Waals surface area contributed by atoms with Gasteiger partial charge in [-0.05, 0) is 71.9 Å². The number of benzene rings is 3. The fourth-order valence-electron chi connectivity index (χ4n) is 3.42. The lowest BCUT2D eigenvalue weighted by atomic mass is 10.1. The van der Waals surface area contributed by atoms with E-state index in [2.05, 4.69) is 20.9 Å². The Morgan fingerprint density at radius 3 is 2.47 bits per heavy atom. The number of likely N-dealkylation sites (N-methyl/N-ethyl adjacent to an activating group) is 1. The summed E-state index contributed by atoms with van der Waals surface area (Å²) in [5, 5.41) is 1.57. The molecule has 1 aliphatic heterocycles. The molecule has 1 fully saturated rings. The molecule has 0 radical (unpaired) electrons. The zero-order valence-electron chi connectivity index (χ0n) is 20.5. The fourth-order valence-corrected chi connectivity index (χ4v) is 5.30. The zero-order valence-corrected chi connectivity index (χ0v) is 24.4. The van der Waals surface area contributed by atoms with Gasteiger partial charge in [0.25, 0.3) is 5.91 Å². The Morgan fingerprint density at radius 1 is 1.08 bits per heavy atom. The summed E-state index contributed by atoms with van der Waals surface area (Å²) in [4.78, 5) is 31.1. The van der Waals surface area contributed by atoms with Crippen LogP contribution in [0.15, 0.2) is 69.0 Å². The van der Waals surface area contributed by atoms with E-state index < -0.39 is 5.97 Å². The number of thioether (sulfide) groups is 1. The third kappa shape index (κ3) is 6.35. The van der Waals surface area contributed by atoms with Gasteiger partial charge >= 0.3 is 5.97 Å². The smallest absolute Gasteiger partial charge is 0.337 e.